The molecule has 0 aliphatic carbocycles. The summed E-state index contributed by atoms with van der Waals surface area (Å²) in [4.78, 5) is 13.5. The van der Waals surface area contributed by atoms with Crippen LogP contribution >= 0.6 is 0 Å². The van der Waals surface area contributed by atoms with E-state index in [0.717, 1.165) is 23.4 Å². The van der Waals surface area contributed by atoms with Gasteiger partial charge in [0.25, 0.3) is 0 Å². The number of ether oxygens (including phenoxy) is 1. The van der Waals surface area contributed by atoms with Gasteiger partial charge in [0.2, 0.25) is 5.91 Å². The van der Waals surface area contributed by atoms with Crippen molar-refractivity contribution in [2.75, 3.05) is 42.3 Å². The summed E-state index contributed by atoms with van der Waals surface area (Å²) in [6, 6.07) is 3.77. The number of nitrogens with one attached hydrogen (secondary N) is 1. The Morgan fingerprint density at radius 1 is 1.45 bits per heavy atom. The van der Waals surface area contributed by atoms with Crippen LogP contribution in [-0.2, 0) is 16.0 Å². The van der Waals surface area contributed by atoms with Gasteiger partial charge < -0.3 is 25.8 Å². The van der Waals surface area contributed by atoms with E-state index >= 15 is 0 Å². The van der Waals surface area contributed by atoms with Crippen LogP contribution < -0.4 is 16.0 Å². The number of amides is 1. The molecular weight excluding hydrogens is 258 g/mol. The number of carbonyl (C=O) groups is 1. The number of morpholine rings is 1. The highest BCUT2D eigenvalue weighted by molar-refractivity contribution is 5.95. The predicted molar refractivity (Wildman–Crippen MR) is 76.8 cm³/mol. The molecule has 0 bridgehead atoms. The zero-order valence-corrected chi connectivity index (χ0v) is 11.3. The minimum atomic E-state index is -0.0673. The molecule has 20 heavy (non-hydrogen) atoms. The number of aliphatic hydroxyl groups is 1. The Hall–Kier alpha value is -1.79. The topological polar surface area (TPSA) is 87.8 Å². The zero-order chi connectivity index (χ0) is 14.1. The van der Waals surface area contributed by atoms with Crippen LogP contribution in [0.25, 0.3) is 0 Å². The number of fused-ring (bicyclic) bond motifs is 1. The SMILES string of the molecule is Nc1cc2c(cc1N1CCOCC1CO)CCC(=O)N2. The highest BCUT2D eigenvalue weighted by Crippen LogP contribution is 2.34. The number of hydrogen-bond donors (Lipinski definition) is 3. The number of carbonyl (C=O) groups excluding carboxylic acids is 1. The predicted octanol–water partition coefficient (Wildman–Crippen LogP) is 0.351. The lowest BCUT2D eigenvalue weighted by Crippen LogP contribution is -2.48. The molecule has 4 N–H and O–H groups in total. The van der Waals surface area contributed by atoms with Crippen LogP contribution in [-0.4, -0.2) is 43.4 Å². The van der Waals surface area contributed by atoms with E-state index in [1.807, 2.05) is 12.1 Å². The summed E-state index contributed by atoms with van der Waals surface area (Å²) in [6.45, 7) is 1.88. The van der Waals surface area contributed by atoms with Gasteiger partial charge in [-0.2, -0.15) is 0 Å². The van der Waals surface area contributed by atoms with Gasteiger partial charge in [0.05, 0.1) is 37.2 Å². The van der Waals surface area contributed by atoms with Crippen LogP contribution in [0.1, 0.15) is 12.0 Å². The van der Waals surface area contributed by atoms with Gasteiger partial charge >= 0.3 is 0 Å². The molecule has 2 aliphatic rings. The summed E-state index contributed by atoms with van der Waals surface area (Å²) in [7, 11) is 0. The fourth-order valence-corrected chi connectivity index (χ4v) is 2.80. The molecule has 2 heterocycles. The van der Waals surface area contributed by atoms with Crippen LogP contribution in [0.4, 0.5) is 17.1 Å². The fraction of sp³-hybridized carbons (Fsp3) is 0.500. The number of nitrogens with two attached hydrogens (primary N) is 1. The first-order valence-electron chi connectivity index (χ1n) is 6.86. The first-order valence-corrected chi connectivity index (χ1v) is 6.86. The second kappa shape index (κ2) is 5.30. The number of benzene rings is 1. The van der Waals surface area contributed by atoms with Crippen molar-refractivity contribution in [3.63, 3.8) is 0 Å². The summed E-state index contributed by atoms with van der Waals surface area (Å²) in [5, 5.41) is 12.3. The summed E-state index contributed by atoms with van der Waals surface area (Å²) in [5.41, 5.74) is 9.55. The van der Waals surface area contributed by atoms with E-state index in [-0.39, 0.29) is 18.6 Å². The highest BCUT2D eigenvalue weighted by Gasteiger charge is 2.26. The molecule has 1 aromatic carbocycles. The normalized spacial score (nSPS) is 22.4. The van der Waals surface area contributed by atoms with Crippen LogP contribution in [0.3, 0.4) is 0 Å². The largest absolute Gasteiger partial charge is 0.397 e. The number of nitrogens with zero attached hydrogens (tertiary/aromatic N) is 1. The Labute approximate surface area is 117 Å². The first-order chi connectivity index (χ1) is 9.69. The minimum Gasteiger partial charge on any atom is -0.397 e. The Morgan fingerprint density at radius 2 is 2.30 bits per heavy atom. The Balaban J connectivity index is 1.95. The molecule has 1 atom stereocenters. The van der Waals surface area contributed by atoms with Crippen LogP contribution in [0.5, 0.6) is 0 Å². The number of rotatable bonds is 2. The summed E-state index contributed by atoms with van der Waals surface area (Å²) < 4.78 is 5.39. The van der Waals surface area contributed by atoms with E-state index in [9.17, 15) is 9.90 Å². The van der Waals surface area contributed by atoms with Crippen LogP contribution in [0.15, 0.2) is 12.1 Å². The molecule has 1 fully saturated rings. The minimum absolute atomic E-state index is 0.0317. The summed E-state index contributed by atoms with van der Waals surface area (Å²) in [6.07, 6.45) is 1.23. The monoisotopic (exact) mass is 277 g/mol. The summed E-state index contributed by atoms with van der Waals surface area (Å²) in [5.74, 6) is 0.0317. The molecule has 1 unspecified atom stereocenters. The second-order valence-electron chi connectivity index (χ2n) is 5.22. The van der Waals surface area contributed by atoms with E-state index in [2.05, 4.69) is 10.2 Å². The lowest BCUT2D eigenvalue weighted by atomic mass is 10.0. The molecule has 2 aliphatic heterocycles. The number of nitrogen functional groups attached to an aromatic ring is 1. The molecule has 0 radical (unpaired) electrons. The van der Waals surface area contributed by atoms with Crippen molar-refractivity contribution in [3.8, 4) is 0 Å². The smallest absolute Gasteiger partial charge is 0.224 e. The maximum absolute atomic E-state index is 11.4. The van der Waals surface area contributed by atoms with Crippen molar-refractivity contribution >= 4 is 23.0 Å². The molecule has 1 amide bonds. The van der Waals surface area contributed by atoms with E-state index in [1.165, 1.54) is 0 Å². The average Bonchev–Trinajstić information content (AvgIpc) is 2.46. The maximum Gasteiger partial charge on any atom is 0.224 e. The van der Waals surface area contributed by atoms with Crippen molar-refractivity contribution in [3.05, 3.63) is 17.7 Å². The number of hydrogen-bond acceptors (Lipinski definition) is 5. The van der Waals surface area contributed by atoms with Crippen LogP contribution in [0.2, 0.25) is 0 Å². The van der Waals surface area contributed by atoms with Crippen molar-refractivity contribution < 1.29 is 14.6 Å². The third-order valence-electron chi connectivity index (χ3n) is 3.90. The van der Waals surface area contributed by atoms with Crippen molar-refractivity contribution in [2.24, 2.45) is 0 Å². The van der Waals surface area contributed by atoms with E-state index in [1.54, 1.807) is 0 Å². The van der Waals surface area contributed by atoms with Gasteiger partial charge in [0, 0.05) is 18.7 Å². The second-order valence-corrected chi connectivity index (χ2v) is 5.22. The fourth-order valence-electron chi connectivity index (χ4n) is 2.80. The van der Waals surface area contributed by atoms with Gasteiger partial charge in [-0.05, 0) is 24.1 Å². The van der Waals surface area contributed by atoms with Crippen molar-refractivity contribution in [1.82, 2.24) is 0 Å². The summed E-state index contributed by atoms with van der Waals surface area (Å²) >= 11 is 0. The molecule has 108 valence electrons. The lowest BCUT2D eigenvalue weighted by molar-refractivity contribution is -0.116. The lowest BCUT2D eigenvalue weighted by Gasteiger charge is -2.37. The number of aryl methyl sites for hydroxylation is 1. The van der Waals surface area contributed by atoms with Crippen molar-refractivity contribution in [1.29, 1.82) is 0 Å². The quantitative estimate of drug-likeness (QED) is 0.679. The third kappa shape index (κ3) is 2.32. The van der Waals surface area contributed by atoms with Gasteiger partial charge in [-0.15, -0.1) is 0 Å². The molecule has 6 heteroatoms. The molecular formula is C14H19N3O3. The van der Waals surface area contributed by atoms with Gasteiger partial charge in [0.15, 0.2) is 0 Å². The molecule has 0 spiro atoms. The molecule has 3 rings (SSSR count). The zero-order valence-electron chi connectivity index (χ0n) is 11.3. The molecule has 0 saturated carbocycles. The van der Waals surface area contributed by atoms with E-state index in [4.69, 9.17) is 10.5 Å². The molecule has 1 saturated heterocycles. The molecule has 0 aromatic heterocycles. The average molecular weight is 277 g/mol. The Morgan fingerprint density at radius 3 is 3.10 bits per heavy atom. The first kappa shape index (κ1) is 13.2. The van der Waals surface area contributed by atoms with E-state index < -0.39 is 0 Å². The Kier molecular flexibility index (Phi) is 3.50. The highest BCUT2D eigenvalue weighted by atomic mass is 16.5. The number of anilines is 3. The van der Waals surface area contributed by atoms with Gasteiger partial charge in [-0.25, -0.2) is 0 Å². The van der Waals surface area contributed by atoms with Gasteiger partial charge in [-0.3, -0.25) is 4.79 Å². The van der Waals surface area contributed by atoms with E-state index in [0.29, 0.717) is 31.9 Å². The standard InChI is InChI=1S/C14H19N3O3/c15-11-6-12-9(1-2-14(19)16-12)5-13(11)17-3-4-20-8-10(17)7-18/h5-6,10,18H,1-4,7-8,15H2,(H,16,19). The number of aliphatic hydroxyl groups excluding tert-OH is 1. The molecule has 6 nitrogen and oxygen atoms in total. The molecule has 1 aromatic rings. The van der Waals surface area contributed by atoms with Crippen LogP contribution in [0, 0.1) is 0 Å². The van der Waals surface area contributed by atoms with Gasteiger partial charge in [-0.1, -0.05) is 0 Å². The van der Waals surface area contributed by atoms with Gasteiger partial charge in [0.1, 0.15) is 0 Å². The van der Waals surface area contributed by atoms with Crippen molar-refractivity contribution in [2.45, 2.75) is 18.9 Å². The maximum atomic E-state index is 11.4. The Bertz CT molecular complexity index is 533. The third-order valence-corrected chi connectivity index (χ3v) is 3.90.